The van der Waals surface area contributed by atoms with E-state index in [1.807, 2.05) is 0 Å². The van der Waals surface area contributed by atoms with Crippen molar-refractivity contribution < 1.29 is 18.6 Å². The van der Waals surface area contributed by atoms with E-state index in [0.717, 1.165) is 6.07 Å². The molecule has 0 radical (unpaired) electrons. The summed E-state index contributed by atoms with van der Waals surface area (Å²) in [5.74, 6) is -1.43. The van der Waals surface area contributed by atoms with Crippen LogP contribution in [0.15, 0.2) is 36.4 Å². The molecule has 20 heavy (non-hydrogen) atoms. The summed E-state index contributed by atoms with van der Waals surface area (Å²) in [5, 5.41) is 12.7. The van der Waals surface area contributed by atoms with E-state index in [0.29, 0.717) is 11.4 Å². The Labute approximate surface area is 115 Å². The van der Waals surface area contributed by atoms with Crippen LogP contribution in [-0.4, -0.2) is 12.2 Å². The Kier molecular flexibility index (Phi) is 4.08. The summed E-state index contributed by atoms with van der Waals surface area (Å²) in [6.07, 6.45) is 0. The van der Waals surface area contributed by atoms with Crippen molar-refractivity contribution in [3.8, 4) is 11.5 Å². The van der Waals surface area contributed by atoms with E-state index < -0.39 is 17.7 Å². The van der Waals surface area contributed by atoms with Crippen molar-refractivity contribution in [2.24, 2.45) is 0 Å². The summed E-state index contributed by atoms with van der Waals surface area (Å²) >= 11 is 0. The van der Waals surface area contributed by atoms with Gasteiger partial charge in [-0.25, -0.2) is 8.78 Å². The molecule has 1 unspecified atom stereocenters. The highest BCUT2D eigenvalue weighted by atomic mass is 19.2. The largest absolute Gasteiger partial charge is 0.504 e. The first kappa shape index (κ1) is 14.1. The summed E-state index contributed by atoms with van der Waals surface area (Å²) in [6.45, 7) is 1.71. The zero-order valence-electron chi connectivity index (χ0n) is 11.2. The van der Waals surface area contributed by atoms with Crippen LogP contribution in [0.4, 0.5) is 14.5 Å². The minimum Gasteiger partial charge on any atom is -0.504 e. The molecule has 2 rings (SSSR count). The molecule has 0 bridgehead atoms. The maximum atomic E-state index is 13.7. The van der Waals surface area contributed by atoms with Crippen LogP contribution in [0.2, 0.25) is 0 Å². The van der Waals surface area contributed by atoms with E-state index in [4.69, 9.17) is 4.74 Å². The Balaban J connectivity index is 2.21. The Hall–Kier alpha value is -2.30. The molecule has 0 saturated carbocycles. The predicted molar refractivity (Wildman–Crippen MR) is 73.1 cm³/mol. The van der Waals surface area contributed by atoms with Crippen LogP contribution in [0.1, 0.15) is 18.5 Å². The number of hydrogen-bond donors (Lipinski definition) is 2. The van der Waals surface area contributed by atoms with E-state index in [1.54, 1.807) is 19.1 Å². The number of hydrogen-bond acceptors (Lipinski definition) is 3. The lowest BCUT2D eigenvalue weighted by Crippen LogP contribution is -2.09. The van der Waals surface area contributed by atoms with Crippen LogP contribution >= 0.6 is 0 Å². The monoisotopic (exact) mass is 279 g/mol. The second-order valence-electron chi connectivity index (χ2n) is 4.40. The fraction of sp³-hybridized carbons (Fsp3) is 0.200. The van der Waals surface area contributed by atoms with Gasteiger partial charge in [-0.15, -0.1) is 0 Å². The van der Waals surface area contributed by atoms with Crippen LogP contribution in [0, 0.1) is 11.6 Å². The number of anilines is 1. The Morgan fingerprint density at radius 1 is 1.20 bits per heavy atom. The summed E-state index contributed by atoms with van der Waals surface area (Å²) in [7, 11) is 1.45. The number of rotatable bonds is 4. The standard InChI is InChI=1S/C15H15F2NO2/c1-9(11-4-3-5-12(16)15(11)17)18-10-6-7-14(20-2)13(19)8-10/h3-9,18-19H,1-2H3. The molecule has 3 nitrogen and oxygen atoms in total. The van der Waals surface area contributed by atoms with Crippen molar-refractivity contribution in [1.82, 2.24) is 0 Å². The molecule has 0 aromatic heterocycles. The second-order valence-corrected chi connectivity index (χ2v) is 4.40. The van der Waals surface area contributed by atoms with E-state index in [2.05, 4.69) is 5.32 Å². The van der Waals surface area contributed by atoms with Gasteiger partial charge >= 0.3 is 0 Å². The van der Waals surface area contributed by atoms with Crippen LogP contribution in [-0.2, 0) is 0 Å². The topological polar surface area (TPSA) is 41.5 Å². The highest BCUT2D eigenvalue weighted by Crippen LogP contribution is 2.30. The first-order chi connectivity index (χ1) is 9.52. The van der Waals surface area contributed by atoms with E-state index in [9.17, 15) is 13.9 Å². The number of methoxy groups -OCH3 is 1. The lowest BCUT2D eigenvalue weighted by atomic mass is 10.1. The summed E-state index contributed by atoms with van der Waals surface area (Å²) < 4.78 is 31.8. The van der Waals surface area contributed by atoms with Crippen molar-refractivity contribution in [2.45, 2.75) is 13.0 Å². The van der Waals surface area contributed by atoms with Crippen LogP contribution in [0.25, 0.3) is 0 Å². The molecular formula is C15H15F2NO2. The Morgan fingerprint density at radius 3 is 2.60 bits per heavy atom. The minimum atomic E-state index is -0.881. The molecule has 0 spiro atoms. The first-order valence-corrected chi connectivity index (χ1v) is 6.10. The fourth-order valence-electron chi connectivity index (χ4n) is 1.96. The average molecular weight is 279 g/mol. The number of phenolic OH excluding ortho intramolecular Hbond substituents is 1. The van der Waals surface area contributed by atoms with Gasteiger partial charge in [-0.1, -0.05) is 12.1 Å². The Bertz CT molecular complexity index is 617. The third kappa shape index (κ3) is 2.82. The zero-order valence-corrected chi connectivity index (χ0v) is 11.2. The normalized spacial score (nSPS) is 12.0. The predicted octanol–water partition coefficient (Wildman–Crippen LogP) is 3.85. The number of halogens is 2. The van der Waals surface area contributed by atoms with Crippen molar-refractivity contribution in [1.29, 1.82) is 0 Å². The molecule has 0 aliphatic carbocycles. The summed E-state index contributed by atoms with van der Waals surface area (Å²) in [4.78, 5) is 0. The van der Waals surface area contributed by atoms with E-state index >= 15 is 0 Å². The number of aromatic hydroxyl groups is 1. The fourth-order valence-corrected chi connectivity index (χ4v) is 1.96. The number of ether oxygens (including phenoxy) is 1. The molecule has 0 amide bonds. The lowest BCUT2D eigenvalue weighted by Gasteiger charge is -2.17. The minimum absolute atomic E-state index is 0.0237. The lowest BCUT2D eigenvalue weighted by molar-refractivity contribution is 0.373. The average Bonchev–Trinajstić information content (AvgIpc) is 2.42. The molecule has 0 saturated heterocycles. The molecule has 0 aliphatic rings. The van der Waals surface area contributed by atoms with Crippen LogP contribution < -0.4 is 10.1 Å². The Morgan fingerprint density at radius 2 is 1.95 bits per heavy atom. The third-order valence-corrected chi connectivity index (χ3v) is 3.01. The van der Waals surface area contributed by atoms with Gasteiger partial charge in [0.15, 0.2) is 23.1 Å². The SMILES string of the molecule is COc1ccc(NC(C)c2cccc(F)c2F)cc1O. The molecule has 106 valence electrons. The van der Waals surface area contributed by atoms with Gasteiger partial charge in [0.2, 0.25) is 0 Å². The van der Waals surface area contributed by atoms with Crippen LogP contribution in [0.3, 0.4) is 0 Å². The summed E-state index contributed by atoms with van der Waals surface area (Å²) in [5.41, 5.74) is 0.805. The molecular weight excluding hydrogens is 264 g/mol. The third-order valence-electron chi connectivity index (χ3n) is 3.01. The molecule has 2 N–H and O–H groups in total. The maximum absolute atomic E-state index is 13.7. The van der Waals surface area contributed by atoms with Gasteiger partial charge in [0.25, 0.3) is 0 Å². The molecule has 0 fully saturated rings. The van der Waals surface area contributed by atoms with Gasteiger partial charge in [-0.3, -0.25) is 0 Å². The molecule has 0 aliphatic heterocycles. The zero-order chi connectivity index (χ0) is 14.7. The molecule has 2 aromatic carbocycles. The quantitative estimate of drug-likeness (QED) is 0.893. The van der Waals surface area contributed by atoms with Gasteiger partial charge in [0.05, 0.1) is 13.2 Å². The highest BCUT2D eigenvalue weighted by molar-refractivity contribution is 5.55. The molecule has 1 atom stereocenters. The van der Waals surface area contributed by atoms with Crippen molar-refractivity contribution in [2.75, 3.05) is 12.4 Å². The van der Waals surface area contributed by atoms with Gasteiger partial charge < -0.3 is 15.2 Å². The van der Waals surface area contributed by atoms with Crippen LogP contribution in [0.5, 0.6) is 11.5 Å². The highest BCUT2D eigenvalue weighted by Gasteiger charge is 2.14. The van der Waals surface area contributed by atoms with Gasteiger partial charge in [-0.2, -0.15) is 0 Å². The van der Waals surface area contributed by atoms with Crippen molar-refractivity contribution in [3.63, 3.8) is 0 Å². The second kappa shape index (κ2) is 5.77. The number of phenols is 1. The van der Waals surface area contributed by atoms with Gasteiger partial charge in [-0.05, 0) is 25.1 Å². The van der Waals surface area contributed by atoms with E-state index in [-0.39, 0.29) is 11.3 Å². The molecule has 0 heterocycles. The van der Waals surface area contributed by atoms with Gasteiger partial charge in [0, 0.05) is 17.3 Å². The van der Waals surface area contributed by atoms with Gasteiger partial charge in [0.1, 0.15) is 0 Å². The summed E-state index contributed by atoms with van der Waals surface area (Å²) in [6, 6.07) is 8.34. The number of benzene rings is 2. The maximum Gasteiger partial charge on any atom is 0.164 e. The van der Waals surface area contributed by atoms with Crippen molar-refractivity contribution in [3.05, 3.63) is 53.6 Å². The van der Waals surface area contributed by atoms with Crippen molar-refractivity contribution >= 4 is 5.69 Å². The molecule has 5 heteroatoms. The van der Waals surface area contributed by atoms with E-state index in [1.165, 1.54) is 25.3 Å². The first-order valence-electron chi connectivity index (χ1n) is 6.10. The smallest absolute Gasteiger partial charge is 0.164 e. The molecule has 2 aromatic rings. The number of nitrogens with one attached hydrogen (secondary N) is 1.